The van der Waals surface area contributed by atoms with Gasteiger partial charge in [-0.15, -0.1) is 0 Å². The second-order valence-corrected chi connectivity index (χ2v) is 6.96. The van der Waals surface area contributed by atoms with Crippen LogP contribution < -0.4 is 10.2 Å². The van der Waals surface area contributed by atoms with Gasteiger partial charge in [0.1, 0.15) is 6.54 Å². The van der Waals surface area contributed by atoms with Crippen LogP contribution in [0.3, 0.4) is 0 Å². The van der Waals surface area contributed by atoms with Crippen molar-refractivity contribution in [1.29, 1.82) is 0 Å². The zero-order valence-corrected chi connectivity index (χ0v) is 16.5. The maximum atomic E-state index is 12.8. The van der Waals surface area contributed by atoms with Crippen molar-refractivity contribution in [2.24, 2.45) is 0 Å². The molecule has 5 nitrogen and oxygen atoms in total. The van der Waals surface area contributed by atoms with Gasteiger partial charge >= 0.3 is 0 Å². The maximum absolute atomic E-state index is 12.8. The standard InChI is InChI=1S/C24H25N3O2/c1-19(28)27(23-12-6-3-7-13-23)18-24(29)26-22(15-20-9-4-2-5-10-20)16-21-11-8-14-25-17-21/h2-14,17,22H,15-16,18H2,1H3,(H,26,29). The zero-order valence-electron chi connectivity index (χ0n) is 16.5. The third-order valence-electron chi connectivity index (χ3n) is 4.64. The van der Waals surface area contributed by atoms with Crippen LogP contribution in [0.2, 0.25) is 0 Å². The molecule has 1 N–H and O–H groups in total. The quantitative estimate of drug-likeness (QED) is 0.644. The van der Waals surface area contributed by atoms with Crippen LogP contribution >= 0.6 is 0 Å². The summed E-state index contributed by atoms with van der Waals surface area (Å²) in [6.07, 6.45) is 4.92. The molecule has 0 spiro atoms. The molecule has 0 saturated carbocycles. The average molecular weight is 387 g/mol. The number of pyridine rings is 1. The summed E-state index contributed by atoms with van der Waals surface area (Å²) in [6.45, 7) is 1.45. The first-order valence-corrected chi connectivity index (χ1v) is 9.67. The number of carbonyl (C=O) groups is 2. The summed E-state index contributed by atoms with van der Waals surface area (Å²) in [5.41, 5.74) is 2.91. The molecule has 1 aromatic heterocycles. The van der Waals surface area contributed by atoms with Gasteiger partial charge in [0.25, 0.3) is 0 Å². The van der Waals surface area contributed by atoms with Gasteiger partial charge in [0.15, 0.2) is 0 Å². The summed E-state index contributed by atoms with van der Waals surface area (Å²) in [4.78, 5) is 30.5. The molecule has 0 bridgehead atoms. The minimum atomic E-state index is -0.186. The van der Waals surface area contributed by atoms with E-state index < -0.39 is 0 Å². The highest BCUT2D eigenvalue weighted by Crippen LogP contribution is 2.14. The Balaban J connectivity index is 1.71. The van der Waals surface area contributed by atoms with Crippen molar-refractivity contribution in [2.45, 2.75) is 25.8 Å². The number of benzene rings is 2. The second-order valence-electron chi connectivity index (χ2n) is 6.96. The predicted octanol–water partition coefficient (Wildman–Crippen LogP) is 3.40. The molecule has 0 aliphatic rings. The van der Waals surface area contributed by atoms with Gasteiger partial charge in [-0.05, 0) is 42.2 Å². The van der Waals surface area contributed by atoms with Gasteiger partial charge in [0.2, 0.25) is 11.8 Å². The topological polar surface area (TPSA) is 62.3 Å². The minimum absolute atomic E-state index is 0.0162. The summed E-state index contributed by atoms with van der Waals surface area (Å²) in [7, 11) is 0. The van der Waals surface area contributed by atoms with Crippen LogP contribution in [0.1, 0.15) is 18.1 Å². The lowest BCUT2D eigenvalue weighted by atomic mass is 10.00. The number of hydrogen-bond acceptors (Lipinski definition) is 3. The van der Waals surface area contributed by atoms with Gasteiger partial charge in [-0.2, -0.15) is 0 Å². The minimum Gasteiger partial charge on any atom is -0.351 e. The molecule has 0 aliphatic carbocycles. The molecule has 5 heteroatoms. The first-order chi connectivity index (χ1) is 14.1. The fraction of sp³-hybridized carbons (Fsp3) is 0.208. The largest absolute Gasteiger partial charge is 0.351 e. The molecule has 3 aromatic rings. The first kappa shape index (κ1) is 20.3. The number of amides is 2. The van der Waals surface area contributed by atoms with E-state index in [4.69, 9.17) is 0 Å². The smallest absolute Gasteiger partial charge is 0.240 e. The SMILES string of the molecule is CC(=O)N(CC(=O)NC(Cc1ccccc1)Cc1cccnc1)c1ccccc1. The number of rotatable bonds is 8. The lowest BCUT2D eigenvalue weighted by Gasteiger charge is -2.24. The van der Waals surface area contributed by atoms with Crippen LogP contribution in [0.25, 0.3) is 0 Å². The summed E-state index contributed by atoms with van der Waals surface area (Å²) in [5, 5.41) is 3.11. The molecule has 0 aliphatic heterocycles. The van der Waals surface area contributed by atoms with Gasteiger partial charge in [-0.25, -0.2) is 0 Å². The fourth-order valence-corrected chi connectivity index (χ4v) is 3.29. The normalized spacial score (nSPS) is 11.5. The van der Waals surface area contributed by atoms with Gasteiger partial charge in [-0.1, -0.05) is 54.6 Å². The van der Waals surface area contributed by atoms with E-state index in [9.17, 15) is 9.59 Å². The van der Waals surface area contributed by atoms with E-state index in [1.807, 2.05) is 79.0 Å². The fourth-order valence-electron chi connectivity index (χ4n) is 3.29. The first-order valence-electron chi connectivity index (χ1n) is 9.67. The molecule has 1 heterocycles. The third kappa shape index (κ3) is 6.28. The van der Waals surface area contributed by atoms with Crippen molar-refractivity contribution in [3.63, 3.8) is 0 Å². The van der Waals surface area contributed by atoms with Crippen molar-refractivity contribution in [2.75, 3.05) is 11.4 Å². The van der Waals surface area contributed by atoms with Crippen molar-refractivity contribution in [3.05, 3.63) is 96.3 Å². The molecule has 148 valence electrons. The monoisotopic (exact) mass is 387 g/mol. The number of anilines is 1. The van der Waals surface area contributed by atoms with Gasteiger partial charge in [0.05, 0.1) is 0 Å². The molecule has 0 saturated heterocycles. The molecule has 29 heavy (non-hydrogen) atoms. The molecule has 1 atom stereocenters. The second kappa shape index (κ2) is 10.2. The van der Waals surface area contributed by atoms with Crippen molar-refractivity contribution < 1.29 is 9.59 Å². The Hall–Kier alpha value is -3.47. The molecule has 2 aromatic carbocycles. The lowest BCUT2D eigenvalue weighted by molar-refractivity contribution is -0.123. The highest BCUT2D eigenvalue weighted by atomic mass is 16.2. The highest BCUT2D eigenvalue weighted by Gasteiger charge is 2.19. The van der Waals surface area contributed by atoms with E-state index in [0.717, 1.165) is 11.1 Å². The average Bonchev–Trinajstić information content (AvgIpc) is 2.74. The third-order valence-corrected chi connectivity index (χ3v) is 4.64. The van der Waals surface area contributed by atoms with Crippen LogP contribution in [-0.2, 0) is 22.4 Å². The van der Waals surface area contributed by atoms with E-state index in [-0.39, 0.29) is 24.4 Å². The van der Waals surface area contributed by atoms with Crippen LogP contribution in [0, 0.1) is 0 Å². The van der Waals surface area contributed by atoms with Crippen molar-refractivity contribution in [3.8, 4) is 0 Å². The highest BCUT2D eigenvalue weighted by molar-refractivity contribution is 5.97. The Morgan fingerprint density at radius 3 is 2.14 bits per heavy atom. The van der Waals surface area contributed by atoms with E-state index in [1.165, 1.54) is 11.8 Å². The number of nitrogens with zero attached hydrogens (tertiary/aromatic N) is 2. The van der Waals surface area contributed by atoms with E-state index in [1.54, 1.807) is 6.20 Å². The van der Waals surface area contributed by atoms with Gasteiger partial charge in [-0.3, -0.25) is 14.6 Å². The van der Waals surface area contributed by atoms with Crippen molar-refractivity contribution >= 4 is 17.5 Å². The van der Waals surface area contributed by atoms with Crippen molar-refractivity contribution in [1.82, 2.24) is 10.3 Å². The molecule has 0 fully saturated rings. The van der Waals surface area contributed by atoms with Crippen LogP contribution in [0.4, 0.5) is 5.69 Å². The molecular weight excluding hydrogens is 362 g/mol. The van der Waals surface area contributed by atoms with E-state index in [0.29, 0.717) is 18.5 Å². The Morgan fingerprint density at radius 2 is 1.52 bits per heavy atom. The predicted molar refractivity (Wildman–Crippen MR) is 114 cm³/mol. The Morgan fingerprint density at radius 1 is 0.897 bits per heavy atom. The molecule has 2 amide bonds. The van der Waals surface area contributed by atoms with E-state index >= 15 is 0 Å². The van der Waals surface area contributed by atoms with Gasteiger partial charge in [0, 0.05) is 31.0 Å². The molecular formula is C24H25N3O2. The molecule has 0 radical (unpaired) electrons. The number of carbonyl (C=O) groups excluding carboxylic acids is 2. The van der Waals surface area contributed by atoms with Gasteiger partial charge < -0.3 is 10.2 Å². The summed E-state index contributed by atoms with van der Waals surface area (Å²) < 4.78 is 0. The number of nitrogens with one attached hydrogen (secondary N) is 1. The van der Waals surface area contributed by atoms with Crippen LogP contribution in [-0.4, -0.2) is 29.4 Å². The molecule has 1 unspecified atom stereocenters. The Labute approximate surface area is 171 Å². The Kier molecular flexibility index (Phi) is 7.11. The van der Waals surface area contributed by atoms with E-state index in [2.05, 4.69) is 10.3 Å². The lowest BCUT2D eigenvalue weighted by Crippen LogP contribution is -2.45. The zero-order chi connectivity index (χ0) is 20.5. The van der Waals surface area contributed by atoms with Crippen LogP contribution in [0.15, 0.2) is 85.2 Å². The summed E-state index contributed by atoms with van der Waals surface area (Å²) in [6, 6.07) is 23.1. The van der Waals surface area contributed by atoms with Crippen LogP contribution in [0.5, 0.6) is 0 Å². The Bertz CT molecular complexity index is 873. The maximum Gasteiger partial charge on any atom is 0.240 e. The number of aromatic nitrogens is 1. The number of para-hydroxylation sites is 1. The summed E-state index contributed by atoms with van der Waals surface area (Å²) >= 11 is 0. The summed E-state index contributed by atoms with van der Waals surface area (Å²) in [5.74, 6) is -0.355. The molecule has 3 rings (SSSR count). The number of hydrogen-bond donors (Lipinski definition) is 1.